The number of hydrogen-bond donors (Lipinski definition) is 2. The second kappa shape index (κ2) is 16.1. The first-order valence-electron chi connectivity index (χ1n) is 9.97. The molecule has 0 aliphatic rings. The number of halogens is 17. The molecular formula is C16H15F17N2Na2O6S. The van der Waals surface area contributed by atoms with E-state index < -0.39 is 87.9 Å². The smallest absolute Gasteiger partial charge is 0.550 e. The van der Waals surface area contributed by atoms with Crippen molar-refractivity contribution in [2.45, 2.75) is 79.2 Å². The summed E-state index contributed by atoms with van der Waals surface area (Å²) in [6, 6.07) is -1.21. The average Bonchev–Trinajstić information content (AvgIpc) is 2.79. The molecule has 1 unspecified atom stereocenters. The van der Waals surface area contributed by atoms with Gasteiger partial charge in [0.05, 0.1) is 5.97 Å². The van der Waals surface area contributed by atoms with Crippen molar-refractivity contribution < 1.29 is 162 Å². The largest absolute Gasteiger partial charge is 1.00 e. The molecule has 0 heterocycles. The molecule has 0 aliphatic carbocycles. The van der Waals surface area contributed by atoms with Gasteiger partial charge in [0, 0.05) is 18.6 Å². The number of nitrogens with one attached hydrogen (secondary N) is 1. The number of alkyl halides is 17. The molecule has 0 bridgehead atoms. The Morgan fingerprint density at radius 2 is 1.00 bits per heavy atom. The van der Waals surface area contributed by atoms with Crippen LogP contribution in [0.1, 0.15) is 26.2 Å². The van der Waals surface area contributed by atoms with Crippen LogP contribution in [-0.2, 0) is 19.6 Å². The van der Waals surface area contributed by atoms with E-state index in [9.17, 15) is 103 Å². The van der Waals surface area contributed by atoms with E-state index in [0.29, 0.717) is 4.72 Å². The molecule has 252 valence electrons. The van der Waals surface area contributed by atoms with E-state index in [2.05, 4.69) is 0 Å². The molecule has 3 N–H and O–H groups in total. The summed E-state index contributed by atoms with van der Waals surface area (Å²) in [7, 11) is -7.16. The molecule has 28 heteroatoms. The van der Waals surface area contributed by atoms with E-state index in [4.69, 9.17) is 5.73 Å². The minimum Gasteiger partial charge on any atom is -0.550 e. The summed E-state index contributed by atoms with van der Waals surface area (Å²) in [5, 5.41) is 12.1. The number of aliphatic carboxylic acids is 2. The van der Waals surface area contributed by atoms with Gasteiger partial charge in [-0.25, -0.2) is 13.1 Å². The van der Waals surface area contributed by atoms with Crippen LogP contribution < -0.4 is 79.8 Å². The Kier molecular flexibility index (Phi) is 18.5. The maximum absolute atomic E-state index is 13.5. The molecule has 0 aromatic rings. The molecule has 0 saturated heterocycles. The third-order valence-electron chi connectivity index (χ3n) is 4.54. The topological polar surface area (TPSA) is 152 Å². The molecule has 0 amide bonds. The minimum atomic E-state index is -8.81. The molecule has 0 aliphatic heterocycles. The van der Waals surface area contributed by atoms with Gasteiger partial charge in [-0.3, -0.25) is 0 Å². The third-order valence-corrected chi connectivity index (χ3v) is 6.05. The van der Waals surface area contributed by atoms with Gasteiger partial charge < -0.3 is 25.5 Å². The van der Waals surface area contributed by atoms with E-state index in [-0.39, 0.29) is 72.0 Å². The van der Waals surface area contributed by atoms with Gasteiger partial charge in [0.2, 0.25) is 0 Å². The molecule has 44 heavy (non-hydrogen) atoms. The number of carboxylic acids is 2. The summed E-state index contributed by atoms with van der Waals surface area (Å²) in [5.41, 5.74) is 4.91. The fourth-order valence-electron chi connectivity index (χ4n) is 2.04. The van der Waals surface area contributed by atoms with Crippen LogP contribution in [0, 0.1) is 0 Å². The molecule has 8 nitrogen and oxygen atoms in total. The van der Waals surface area contributed by atoms with Crippen molar-refractivity contribution >= 4 is 22.0 Å². The summed E-state index contributed by atoms with van der Waals surface area (Å²) in [5.74, 6) is -54.2. The molecule has 0 aromatic heterocycles. The molecule has 0 rings (SSSR count). The maximum Gasteiger partial charge on any atom is 1.00 e. The molecule has 0 saturated carbocycles. The summed E-state index contributed by atoms with van der Waals surface area (Å²) in [4.78, 5) is 19.6. The number of sulfonamides is 1. The van der Waals surface area contributed by atoms with Gasteiger partial charge in [0.25, 0.3) is 10.0 Å². The minimum absolute atomic E-state index is 0. The molecule has 1 atom stereocenters. The van der Waals surface area contributed by atoms with Crippen LogP contribution in [0.15, 0.2) is 0 Å². The number of carbonyl (C=O) groups excluding carboxylic acids is 2. The number of nitrogens with two attached hydrogens (primary N) is 1. The quantitative estimate of drug-likeness (QED) is 0.136. The summed E-state index contributed by atoms with van der Waals surface area (Å²) < 4.78 is 243. The van der Waals surface area contributed by atoms with E-state index >= 15 is 0 Å². The monoisotopic (exact) mass is 732 g/mol. The Morgan fingerprint density at radius 3 is 1.27 bits per heavy atom. The van der Waals surface area contributed by atoms with Crippen molar-refractivity contribution in [3.05, 3.63) is 0 Å². The van der Waals surface area contributed by atoms with Gasteiger partial charge in [0.15, 0.2) is 0 Å². The van der Waals surface area contributed by atoms with Crippen molar-refractivity contribution in [1.29, 1.82) is 0 Å². The van der Waals surface area contributed by atoms with Crippen LogP contribution in [0.2, 0.25) is 0 Å². The van der Waals surface area contributed by atoms with Crippen LogP contribution >= 0.6 is 0 Å². The molecule has 0 radical (unpaired) electrons. The molecule has 0 fully saturated rings. The van der Waals surface area contributed by atoms with E-state index in [1.165, 1.54) is 0 Å². The standard InChI is InChI=1S/C11H8F17NO2S.C5H9NO4.2Na/c1-2-3-29-32(30,31)11(27,28)9(22,23)7(18,19)5(14,15)4(12,13)6(16,17)8(20,21)10(24,25)26;6-3(5(9)10)1-2-4(7)8;;/h29H,2-3H2,1H3;3H,1-2,6H2,(H,7,8)(H,9,10);;/q;;2*+1/p-2. The van der Waals surface area contributed by atoms with Gasteiger partial charge in [0.1, 0.15) is 0 Å². The fraction of sp³-hybridized carbons (Fsp3) is 0.875. The van der Waals surface area contributed by atoms with Crippen LogP contribution in [-0.4, -0.2) is 79.9 Å². The van der Waals surface area contributed by atoms with Crippen molar-refractivity contribution in [3.8, 4) is 0 Å². The van der Waals surface area contributed by atoms with Gasteiger partial charge >= 0.3 is 106 Å². The predicted octanol–water partition coefficient (Wildman–Crippen LogP) is -4.12. The first-order chi connectivity index (χ1) is 18.1. The Bertz CT molecular complexity index is 1070. The van der Waals surface area contributed by atoms with Gasteiger partial charge in [-0.1, -0.05) is 6.92 Å². The van der Waals surface area contributed by atoms with Crippen molar-refractivity contribution in [1.82, 2.24) is 4.72 Å². The summed E-state index contributed by atoms with van der Waals surface area (Å²) >= 11 is 0. The predicted molar refractivity (Wildman–Crippen MR) is 95.1 cm³/mol. The number of hydrogen-bond acceptors (Lipinski definition) is 7. The van der Waals surface area contributed by atoms with Crippen LogP contribution in [0.25, 0.3) is 0 Å². The SMILES string of the molecule is CCCNS(=O)(=O)C(F)(F)C(F)(F)C(F)(F)C(F)(F)C(F)(F)C(F)(F)C(F)(F)C(F)(F)F.NC(CCC(=O)[O-])C(=O)[O-].[Na+].[Na+]. The zero-order valence-corrected chi connectivity index (χ0v) is 26.6. The number of rotatable bonds is 14. The Labute approximate surface area is 278 Å². The van der Waals surface area contributed by atoms with Gasteiger partial charge in [-0.2, -0.15) is 74.6 Å². The van der Waals surface area contributed by atoms with E-state index in [0.717, 1.165) is 6.92 Å². The third kappa shape index (κ3) is 9.37. The zero-order valence-electron chi connectivity index (χ0n) is 21.8. The Balaban J connectivity index is -0.000000570. The number of carboxylic acid groups (broad SMARTS) is 2. The second-order valence-corrected chi connectivity index (χ2v) is 9.50. The van der Waals surface area contributed by atoms with Crippen LogP contribution in [0.3, 0.4) is 0 Å². The molecule has 0 aromatic carbocycles. The second-order valence-electron chi connectivity index (χ2n) is 7.69. The van der Waals surface area contributed by atoms with Crippen LogP contribution in [0.5, 0.6) is 0 Å². The molecule has 0 spiro atoms. The van der Waals surface area contributed by atoms with Gasteiger partial charge in [-0.05, 0) is 19.3 Å². The van der Waals surface area contributed by atoms with Crippen molar-refractivity contribution in [2.24, 2.45) is 5.73 Å². The first kappa shape index (κ1) is 50.5. The Morgan fingerprint density at radius 1 is 0.682 bits per heavy atom. The summed E-state index contributed by atoms with van der Waals surface area (Å²) in [6.45, 7) is -0.312. The normalized spacial score (nSPS) is 14.8. The Hall–Kier alpha value is -0.380. The van der Waals surface area contributed by atoms with Crippen LogP contribution in [0.4, 0.5) is 74.6 Å². The maximum atomic E-state index is 13.5. The zero-order chi connectivity index (χ0) is 34.8. The van der Waals surface area contributed by atoms with Gasteiger partial charge in [-0.15, -0.1) is 0 Å². The number of carbonyl (C=O) groups is 2. The first-order valence-corrected chi connectivity index (χ1v) is 11.4. The van der Waals surface area contributed by atoms with E-state index in [1.807, 2.05) is 0 Å². The molecular weight excluding hydrogens is 717 g/mol. The van der Waals surface area contributed by atoms with Crippen molar-refractivity contribution in [2.75, 3.05) is 6.54 Å². The fourth-order valence-corrected chi connectivity index (χ4v) is 3.16. The average molecular weight is 732 g/mol. The summed E-state index contributed by atoms with van der Waals surface area (Å²) in [6.07, 6.45) is -8.89. The van der Waals surface area contributed by atoms with Crippen molar-refractivity contribution in [3.63, 3.8) is 0 Å². The van der Waals surface area contributed by atoms with E-state index in [1.54, 1.807) is 0 Å².